The lowest BCUT2D eigenvalue weighted by molar-refractivity contribution is 0.0211. The largest absolute Gasteiger partial charge is 0.373 e. The fourth-order valence-corrected chi connectivity index (χ4v) is 1.66. The number of hydrogen-bond donors (Lipinski definition) is 1. The topological polar surface area (TPSA) is 34.1 Å². The van der Waals surface area contributed by atoms with Crippen LogP contribution in [0.1, 0.15) is 18.4 Å². The highest BCUT2D eigenvalue weighted by molar-refractivity contribution is 5.06. The first-order valence-corrected chi connectivity index (χ1v) is 5.16. The van der Waals surface area contributed by atoms with Crippen molar-refractivity contribution in [2.24, 2.45) is 0 Å². The Bertz CT molecular complexity index is 257. The molecule has 1 aromatic rings. The minimum atomic E-state index is 0.427. The fourth-order valence-electron chi connectivity index (χ4n) is 1.66. The van der Waals surface area contributed by atoms with Crippen molar-refractivity contribution in [1.29, 1.82) is 0 Å². The molecule has 0 saturated carbocycles. The minimum absolute atomic E-state index is 0.427. The predicted octanol–water partition coefficient (Wildman–Crippen LogP) is 1.35. The summed E-state index contributed by atoms with van der Waals surface area (Å²) in [5.41, 5.74) is 1.16. The lowest BCUT2D eigenvalue weighted by atomic mass is 10.1. The van der Waals surface area contributed by atoms with E-state index in [1.165, 1.54) is 0 Å². The molecule has 1 aliphatic heterocycles. The van der Waals surface area contributed by atoms with E-state index in [4.69, 9.17) is 4.74 Å². The van der Waals surface area contributed by atoms with E-state index >= 15 is 0 Å². The average Bonchev–Trinajstić information content (AvgIpc) is 2.29. The average molecular weight is 192 g/mol. The highest BCUT2D eigenvalue weighted by Gasteiger charge is 2.12. The molecular weight excluding hydrogens is 176 g/mol. The Hall–Kier alpha value is -0.930. The number of aromatic nitrogens is 1. The van der Waals surface area contributed by atoms with Crippen LogP contribution in [0.3, 0.4) is 0 Å². The van der Waals surface area contributed by atoms with Crippen molar-refractivity contribution in [3.05, 3.63) is 30.1 Å². The minimum Gasteiger partial charge on any atom is -0.373 e. The highest BCUT2D eigenvalue weighted by atomic mass is 16.5. The second-order valence-electron chi connectivity index (χ2n) is 3.62. The third-order valence-electron chi connectivity index (χ3n) is 2.49. The molecule has 2 heterocycles. The third kappa shape index (κ3) is 2.79. The molecule has 0 aliphatic carbocycles. The summed E-state index contributed by atoms with van der Waals surface area (Å²) in [6.07, 6.45) is 6.33. The molecule has 2 rings (SSSR count). The second-order valence-corrected chi connectivity index (χ2v) is 3.62. The van der Waals surface area contributed by atoms with Crippen LogP contribution < -0.4 is 5.32 Å². The van der Waals surface area contributed by atoms with Crippen molar-refractivity contribution in [2.45, 2.75) is 25.6 Å². The van der Waals surface area contributed by atoms with Gasteiger partial charge in [0.05, 0.1) is 12.7 Å². The maximum Gasteiger partial charge on any atom is 0.0735 e. The number of rotatable bonds is 3. The number of nitrogens with zero attached hydrogens (tertiary/aromatic N) is 1. The van der Waals surface area contributed by atoms with Gasteiger partial charge >= 0.3 is 0 Å². The standard InChI is InChI=1S/C11H16N2O/c1-2-10(8-13-5-1)9-14-11-3-6-12-7-4-11/h1-2,5,8,11-12H,3-4,6-7,9H2. The van der Waals surface area contributed by atoms with Gasteiger partial charge in [-0.2, -0.15) is 0 Å². The molecule has 1 aromatic heterocycles. The quantitative estimate of drug-likeness (QED) is 0.785. The van der Waals surface area contributed by atoms with Gasteiger partial charge < -0.3 is 10.1 Å². The van der Waals surface area contributed by atoms with E-state index in [9.17, 15) is 0 Å². The molecule has 1 saturated heterocycles. The third-order valence-corrected chi connectivity index (χ3v) is 2.49. The first kappa shape index (κ1) is 9.62. The smallest absolute Gasteiger partial charge is 0.0735 e. The first-order chi connectivity index (χ1) is 6.95. The summed E-state index contributed by atoms with van der Waals surface area (Å²) >= 11 is 0. The molecule has 0 spiro atoms. The van der Waals surface area contributed by atoms with Crippen LogP contribution in [0.15, 0.2) is 24.5 Å². The van der Waals surface area contributed by atoms with Gasteiger partial charge in [-0.15, -0.1) is 0 Å². The lowest BCUT2D eigenvalue weighted by Gasteiger charge is -2.22. The zero-order valence-electron chi connectivity index (χ0n) is 8.28. The van der Waals surface area contributed by atoms with Crippen molar-refractivity contribution in [3.63, 3.8) is 0 Å². The summed E-state index contributed by atoms with van der Waals surface area (Å²) in [7, 11) is 0. The Kier molecular flexibility index (Phi) is 3.49. The van der Waals surface area contributed by atoms with Crippen molar-refractivity contribution in [3.8, 4) is 0 Å². The maximum atomic E-state index is 5.79. The van der Waals surface area contributed by atoms with Crippen molar-refractivity contribution >= 4 is 0 Å². The molecule has 14 heavy (non-hydrogen) atoms. The summed E-state index contributed by atoms with van der Waals surface area (Å²) in [5, 5.41) is 3.32. The van der Waals surface area contributed by atoms with Crippen LogP contribution in [0.2, 0.25) is 0 Å². The summed E-state index contributed by atoms with van der Waals surface area (Å²) in [5.74, 6) is 0. The molecule has 0 unspecified atom stereocenters. The zero-order chi connectivity index (χ0) is 9.64. The Morgan fingerprint density at radius 1 is 1.43 bits per heavy atom. The summed E-state index contributed by atoms with van der Waals surface area (Å²) < 4.78 is 5.79. The van der Waals surface area contributed by atoms with Gasteiger partial charge in [0.2, 0.25) is 0 Å². The lowest BCUT2D eigenvalue weighted by Crippen LogP contribution is -2.32. The summed E-state index contributed by atoms with van der Waals surface area (Å²) in [6, 6.07) is 4.00. The van der Waals surface area contributed by atoms with Crippen LogP contribution >= 0.6 is 0 Å². The van der Waals surface area contributed by atoms with Crippen LogP contribution in [-0.4, -0.2) is 24.2 Å². The molecule has 3 nitrogen and oxygen atoms in total. The van der Waals surface area contributed by atoms with E-state index in [0.717, 1.165) is 31.5 Å². The Morgan fingerprint density at radius 2 is 2.29 bits per heavy atom. The van der Waals surface area contributed by atoms with Crippen LogP contribution in [0, 0.1) is 0 Å². The van der Waals surface area contributed by atoms with Crippen LogP contribution in [0.4, 0.5) is 0 Å². The fraction of sp³-hybridized carbons (Fsp3) is 0.545. The number of ether oxygens (including phenoxy) is 1. The van der Waals surface area contributed by atoms with E-state index in [2.05, 4.69) is 10.3 Å². The van der Waals surface area contributed by atoms with Crippen LogP contribution in [-0.2, 0) is 11.3 Å². The summed E-state index contributed by atoms with van der Waals surface area (Å²) in [4.78, 5) is 4.06. The van der Waals surface area contributed by atoms with E-state index in [0.29, 0.717) is 12.7 Å². The molecule has 0 radical (unpaired) electrons. The molecule has 1 N–H and O–H groups in total. The van der Waals surface area contributed by atoms with Gasteiger partial charge in [0.15, 0.2) is 0 Å². The number of pyridine rings is 1. The van der Waals surface area contributed by atoms with Crippen molar-refractivity contribution < 1.29 is 4.74 Å². The number of nitrogens with one attached hydrogen (secondary N) is 1. The molecule has 0 atom stereocenters. The van der Waals surface area contributed by atoms with E-state index in [1.807, 2.05) is 18.3 Å². The van der Waals surface area contributed by atoms with Gasteiger partial charge in [0.1, 0.15) is 0 Å². The monoisotopic (exact) mass is 192 g/mol. The molecule has 3 heteroatoms. The van der Waals surface area contributed by atoms with E-state index < -0.39 is 0 Å². The predicted molar refractivity (Wildman–Crippen MR) is 54.9 cm³/mol. The SMILES string of the molecule is c1cncc(COC2CCNCC2)c1. The van der Waals surface area contributed by atoms with Gasteiger partial charge in [0.25, 0.3) is 0 Å². The maximum absolute atomic E-state index is 5.79. The summed E-state index contributed by atoms with van der Waals surface area (Å²) in [6.45, 7) is 2.86. The van der Waals surface area contributed by atoms with E-state index in [-0.39, 0.29) is 0 Å². The van der Waals surface area contributed by atoms with Crippen LogP contribution in [0.5, 0.6) is 0 Å². The van der Waals surface area contributed by atoms with Crippen molar-refractivity contribution in [1.82, 2.24) is 10.3 Å². The van der Waals surface area contributed by atoms with E-state index in [1.54, 1.807) is 6.20 Å². The van der Waals surface area contributed by atoms with Crippen LogP contribution in [0.25, 0.3) is 0 Å². The zero-order valence-corrected chi connectivity index (χ0v) is 8.28. The molecule has 0 amide bonds. The molecule has 76 valence electrons. The van der Waals surface area contributed by atoms with Gasteiger partial charge in [-0.3, -0.25) is 4.98 Å². The first-order valence-electron chi connectivity index (χ1n) is 5.16. The van der Waals surface area contributed by atoms with Gasteiger partial charge in [-0.05, 0) is 37.6 Å². The highest BCUT2D eigenvalue weighted by Crippen LogP contribution is 2.10. The molecule has 0 aromatic carbocycles. The van der Waals surface area contributed by atoms with Gasteiger partial charge in [-0.25, -0.2) is 0 Å². The molecule has 1 fully saturated rings. The molecule has 1 aliphatic rings. The van der Waals surface area contributed by atoms with Gasteiger partial charge in [-0.1, -0.05) is 6.07 Å². The number of piperidine rings is 1. The van der Waals surface area contributed by atoms with Gasteiger partial charge in [0, 0.05) is 12.4 Å². The molecular formula is C11H16N2O. The Labute approximate surface area is 84.5 Å². The van der Waals surface area contributed by atoms with Crippen molar-refractivity contribution in [2.75, 3.05) is 13.1 Å². The number of hydrogen-bond acceptors (Lipinski definition) is 3. The molecule has 0 bridgehead atoms. The normalized spacial score (nSPS) is 18.3. The second kappa shape index (κ2) is 5.08. The Morgan fingerprint density at radius 3 is 3.00 bits per heavy atom. The Balaban J connectivity index is 1.76.